The predicted molar refractivity (Wildman–Crippen MR) is 78.8 cm³/mol. The second-order valence-corrected chi connectivity index (χ2v) is 5.30. The van der Waals surface area contributed by atoms with Crippen molar-refractivity contribution in [2.75, 3.05) is 7.11 Å². The number of rotatable bonds is 4. The number of methoxy groups -OCH3 is 1. The van der Waals surface area contributed by atoms with Crippen molar-refractivity contribution in [1.82, 2.24) is 19.9 Å². The highest BCUT2D eigenvalue weighted by Crippen LogP contribution is 2.36. The van der Waals surface area contributed by atoms with Crippen LogP contribution in [0.15, 0.2) is 40.8 Å². The van der Waals surface area contributed by atoms with Gasteiger partial charge in [0.05, 0.1) is 19.0 Å². The van der Waals surface area contributed by atoms with Crippen molar-refractivity contribution < 1.29 is 9.53 Å². The van der Waals surface area contributed by atoms with Crippen molar-refractivity contribution in [3.8, 4) is 5.75 Å². The molecule has 0 aliphatic rings. The van der Waals surface area contributed by atoms with Crippen molar-refractivity contribution in [1.29, 1.82) is 0 Å². The molecule has 0 saturated heterocycles. The molecule has 0 radical (unpaired) electrons. The molecule has 0 aliphatic heterocycles. The summed E-state index contributed by atoms with van der Waals surface area (Å²) in [5, 5.41) is 0.716. The molecule has 0 fully saturated rings. The number of aromatic nitrogens is 4. The highest BCUT2D eigenvalue weighted by molar-refractivity contribution is 7.99. The van der Waals surface area contributed by atoms with E-state index in [0.717, 1.165) is 10.4 Å². The van der Waals surface area contributed by atoms with Gasteiger partial charge in [-0.1, -0.05) is 17.8 Å². The minimum atomic E-state index is -0.0511. The van der Waals surface area contributed by atoms with E-state index in [9.17, 15) is 4.79 Å². The highest BCUT2D eigenvalue weighted by Gasteiger charge is 2.16. The number of aromatic amines is 1. The molecule has 21 heavy (non-hydrogen) atoms. The van der Waals surface area contributed by atoms with Gasteiger partial charge in [-0.3, -0.25) is 4.79 Å². The molecule has 3 aromatic rings. The number of imidazole rings is 1. The predicted octanol–water partition coefficient (Wildman–Crippen LogP) is 2.72. The molecule has 0 atom stereocenters. The first-order valence-corrected chi connectivity index (χ1v) is 7.02. The first-order valence-electron chi connectivity index (χ1n) is 6.20. The second kappa shape index (κ2) is 5.53. The van der Waals surface area contributed by atoms with Crippen LogP contribution in [0.5, 0.6) is 5.75 Å². The summed E-state index contributed by atoms with van der Waals surface area (Å²) in [6.07, 6.45) is 3.03. The van der Waals surface area contributed by atoms with Gasteiger partial charge in [-0.05, 0) is 19.1 Å². The Morgan fingerprint density at radius 1 is 1.29 bits per heavy atom. The Morgan fingerprint density at radius 2 is 2.14 bits per heavy atom. The Balaban J connectivity index is 2.10. The Morgan fingerprint density at radius 3 is 2.90 bits per heavy atom. The van der Waals surface area contributed by atoms with Crippen molar-refractivity contribution in [3.63, 3.8) is 0 Å². The summed E-state index contributed by atoms with van der Waals surface area (Å²) in [7, 11) is 1.55. The van der Waals surface area contributed by atoms with E-state index in [1.807, 2.05) is 12.1 Å². The zero-order chi connectivity index (χ0) is 14.8. The molecular weight excluding hydrogens is 288 g/mol. The summed E-state index contributed by atoms with van der Waals surface area (Å²) >= 11 is 1.38. The van der Waals surface area contributed by atoms with E-state index in [2.05, 4.69) is 19.9 Å². The molecule has 3 rings (SSSR count). The molecule has 0 amide bonds. The maximum Gasteiger partial charge on any atom is 0.181 e. The SMILES string of the molecule is COc1cccc(Sc2ncnc3nc[nH]c23)c1C(C)=O. The Kier molecular flexibility index (Phi) is 3.57. The van der Waals surface area contributed by atoms with E-state index in [0.29, 0.717) is 22.0 Å². The molecular formula is C14H12N4O2S. The first kappa shape index (κ1) is 13.6. The van der Waals surface area contributed by atoms with Crippen molar-refractivity contribution in [3.05, 3.63) is 36.4 Å². The fraction of sp³-hybridized carbons (Fsp3) is 0.143. The monoisotopic (exact) mass is 300 g/mol. The topological polar surface area (TPSA) is 80.8 Å². The summed E-state index contributed by atoms with van der Waals surface area (Å²) in [5.41, 5.74) is 1.90. The number of benzene rings is 1. The largest absolute Gasteiger partial charge is 0.496 e. The zero-order valence-electron chi connectivity index (χ0n) is 11.5. The number of carbonyl (C=O) groups is 1. The van der Waals surface area contributed by atoms with Crippen LogP contribution >= 0.6 is 11.8 Å². The van der Waals surface area contributed by atoms with Gasteiger partial charge in [0.2, 0.25) is 0 Å². The molecule has 1 aromatic carbocycles. The number of hydrogen-bond acceptors (Lipinski definition) is 6. The smallest absolute Gasteiger partial charge is 0.181 e. The van der Waals surface area contributed by atoms with E-state index in [1.165, 1.54) is 25.0 Å². The van der Waals surface area contributed by atoms with Crippen LogP contribution in [0.4, 0.5) is 0 Å². The van der Waals surface area contributed by atoms with Crippen LogP contribution in [0.1, 0.15) is 17.3 Å². The lowest BCUT2D eigenvalue weighted by molar-refractivity contribution is 0.101. The van der Waals surface area contributed by atoms with Crippen LogP contribution in [-0.2, 0) is 0 Å². The number of fused-ring (bicyclic) bond motifs is 1. The van der Waals surface area contributed by atoms with Gasteiger partial charge >= 0.3 is 0 Å². The molecule has 6 nitrogen and oxygen atoms in total. The number of ether oxygens (including phenoxy) is 1. The second-order valence-electron chi connectivity index (χ2n) is 4.27. The number of nitrogens with zero attached hydrogens (tertiary/aromatic N) is 3. The molecule has 2 heterocycles. The summed E-state index contributed by atoms with van der Waals surface area (Å²) < 4.78 is 5.27. The van der Waals surface area contributed by atoms with Gasteiger partial charge in [-0.2, -0.15) is 0 Å². The molecule has 0 saturated carbocycles. The maximum atomic E-state index is 11.9. The van der Waals surface area contributed by atoms with E-state index in [1.54, 1.807) is 19.5 Å². The Hall–Kier alpha value is -2.41. The molecule has 0 bridgehead atoms. The van der Waals surface area contributed by atoms with Crippen LogP contribution in [0.25, 0.3) is 11.2 Å². The normalized spacial score (nSPS) is 10.8. The summed E-state index contributed by atoms with van der Waals surface area (Å²) in [5.74, 6) is 0.507. The average molecular weight is 300 g/mol. The third kappa shape index (κ3) is 2.47. The van der Waals surface area contributed by atoms with Crippen molar-refractivity contribution in [2.24, 2.45) is 0 Å². The van der Waals surface area contributed by atoms with Gasteiger partial charge in [-0.15, -0.1) is 0 Å². The standard InChI is InChI=1S/C14H12N4O2S/c1-8(19)11-9(20-2)4-3-5-10(11)21-14-12-13(16-6-15-12)17-7-18-14/h3-7H,1-2H3,(H,15,16,17,18). The van der Waals surface area contributed by atoms with E-state index >= 15 is 0 Å². The first-order chi connectivity index (χ1) is 10.2. The average Bonchev–Trinajstić information content (AvgIpc) is 2.96. The van der Waals surface area contributed by atoms with Crippen LogP contribution in [0.2, 0.25) is 0 Å². The third-order valence-corrected chi connectivity index (χ3v) is 4.02. The number of hydrogen-bond donors (Lipinski definition) is 1. The van der Waals surface area contributed by atoms with Crippen molar-refractivity contribution in [2.45, 2.75) is 16.8 Å². The van der Waals surface area contributed by atoms with Crippen LogP contribution in [-0.4, -0.2) is 32.8 Å². The van der Waals surface area contributed by atoms with Crippen LogP contribution in [0.3, 0.4) is 0 Å². The fourth-order valence-corrected chi connectivity index (χ4v) is 3.09. The molecule has 2 aromatic heterocycles. The van der Waals surface area contributed by atoms with Gasteiger partial charge < -0.3 is 9.72 Å². The highest BCUT2D eigenvalue weighted by atomic mass is 32.2. The number of Topliss-reactive ketones (excluding diaryl/α,β-unsaturated/α-hetero) is 1. The Bertz CT molecular complexity index is 816. The molecule has 0 unspecified atom stereocenters. The lowest BCUT2D eigenvalue weighted by atomic mass is 10.1. The van der Waals surface area contributed by atoms with E-state index in [4.69, 9.17) is 4.74 Å². The molecule has 106 valence electrons. The van der Waals surface area contributed by atoms with Crippen LogP contribution in [0, 0.1) is 0 Å². The van der Waals surface area contributed by atoms with Gasteiger partial charge in [0.1, 0.15) is 22.6 Å². The number of ketones is 1. The minimum Gasteiger partial charge on any atom is -0.496 e. The van der Waals surface area contributed by atoms with Crippen LogP contribution < -0.4 is 4.74 Å². The van der Waals surface area contributed by atoms with Gasteiger partial charge in [0.25, 0.3) is 0 Å². The minimum absolute atomic E-state index is 0.0511. The summed E-state index contributed by atoms with van der Waals surface area (Å²) in [6, 6.07) is 5.49. The lowest BCUT2D eigenvalue weighted by Crippen LogP contribution is -2.00. The molecule has 1 N–H and O–H groups in total. The van der Waals surface area contributed by atoms with E-state index in [-0.39, 0.29) is 5.78 Å². The van der Waals surface area contributed by atoms with Crippen molar-refractivity contribution >= 4 is 28.7 Å². The number of H-pyrrole nitrogens is 1. The molecule has 7 heteroatoms. The molecule has 0 spiro atoms. The zero-order valence-corrected chi connectivity index (χ0v) is 12.3. The number of nitrogens with one attached hydrogen (secondary N) is 1. The third-order valence-electron chi connectivity index (χ3n) is 2.95. The quantitative estimate of drug-likeness (QED) is 0.589. The van der Waals surface area contributed by atoms with Gasteiger partial charge in [0.15, 0.2) is 11.4 Å². The van der Waals surface area contributed by atoms with E-state index < -0.39 is 0 Å². The maximum absolute atomic E-state index is 11.9. The Labute approximate surface area is 125 Å². The summed E-state index contributed by atoms with van der Waals surface area (Å²) in [6.45, 7) is 1.52. The van der Waals surface area contributed by atoms with Gasteiger partial charge in [0, 0.05) is 4.90 Å². The fourth-order valence-electron chi connectivity index (χ4n) is 2.04. The van der Waals surface area contributed by atoms with Gasteiger partial charge in [-0.25, -0.2) is 15.0 Å². The lowest BCUT2D eigenvalue weighted by Gasteiger charge is -2.10. The summed E-state index contributed by atoms with van der Waals surface area (Å²) in [4.78, 5) is 28.1. The molecule has 0 aliphatic carbocycles. The number of carbonyl (C=O) groups excluding carboxylic acids is 1.